The predicted molar refractivity (Wildman–Crippen MR) is 70.9 cm³/mol. The summed E-state index contributed by atoms with van der Waals surface area (Å²) in [5.41, 5.74) is 0.960. The van der Waals surface area contributed by atoms with E-state index in [4.69, 9.17) is 0 Å². The van der Waals surface area contributed by atoms with Crippen molar-refractivity contribution in [3.8, 4) is 0 Å². The fourth-order valence-electron chi connectivity index (χ4n) is 2.76. The Morgan fingerprint density at radius 1 is 1.40 bits per heavy atom. The summed E-state index contributed by atoms with van der Waals surface area (Å²) in [5.74, 6) is -0.797. The van der Waals surface area contributed by atoms with Crippen molar-refractivity contribution in [3.63, 3.8) is 0 Å². The first-order valence-corrected chi connectivity index (χ1v) is 6.66. The minimum Gasteiger partial charge on any atom is -0.336 e. The second-order valence-electron chi connectivity index (χ2n) is 5.27. The van der Waals surface area contributed by atoms with Gasteiger partial charge in [0.05, 0.1) is 11.6 Å². The average Bonchev–Trinajstić information content (AvgIpc) is 2.82. The molecule has 6 heteroatoms. The summed E-state index contributed by atoms with van der Waals surface area (Å²) in [7, 11) is 0. The molecule has 106 valence electrons. The Labute approximate surface area is 116 Å². The summed E-state index contributed by atoms with van der Waals surface area (Å²) in [6, 6.07) is 4.45. The van der Waals surface area contributed by atoms with Crippen molar-refractivity contribution in [2.45, 2.75) is 13.0 Å². The highest BCUT2D eigenvalue weighted by Crippen LogP contribution is 2.18. The van der Waals surface area contributed by atoms with Gasteiger partial charge in [-0.15, -0.1) is 0 Å². The highest BCUT2D eigenvalue weighted by Gasteiger charge is 2.37. The number of piperazine rings is 1. The molecule has 0 aliphatic carbocycles. The van der Waals surface area contributed by atoms with Crippen LogP contribution in [-0.2, 0) is 0 Å². The number of nitrogens with zero attached hydrogens (tertiary/aromatic N) is 2. The summed E-state index contributed by atoms with van der Waals surface area (Å²) in [6.07, 6.45) is 0. The molecule has 2 aliphatic rings. The largest absolute Gasteiger partial charge is 0.336 e. The monoisotopic (exact) mass is 277 g/mol. The molecule has 2 heterocycles. The highest BCUT2D eigenvalue weighted by molar-refractivity contribution is 5.95. The first-order valence-electron chi connectivity index (χ1n) is 6.66. The van der Waals surface area contributed by atoms with Crippen LogP contribution in [0.1, 0.15) is 15.9 Å². The standard InChI is InChI=1S/C14H16FN3O2/c1-9-2-3-12(15)11(6-9)13(19)17-4-5-18-10(8-17)7-16-14(18)20/h2-3,6,10H,4-5,7-8H2,1H3,(H,16,20). The van der Waals surface area contributed by atoms with Gasteiger partial charge in [-0.2, -0.15) is 0 Å². The summed E-state index contributed by atoms with van der Waals surface area (Å²) >= 11 is 0. The molecule has 0 bridgehead atoms. The number of hydrogen-bond donors (Lipinski definition) is 1. The maximum atomic E-state index is 13.8. The summed E-state index contributed by atoms with van der Waals surface area (Å²) in [5, 5.41) is 2.76. The molecule has 1 unspecified atom stereocenters. The number of hydrogen-bond acceptors (Lipinski definition) is 2. The second-order valence-corrected chi connectivity index (χ2v) is 5.27. The Kier molecular flexibility index (Phi) is 3.08. The molecule has 0 aromatic heterocycles. The van der Waals surface area contributed by atoms with Crippen LogP contribution in [-0.4, -0.2) is 54.0 Å². The van der Waals surface area contributed by atoms with E-state index >= 15 is 0 Å². The third-order valence-electron chi connectivity index (χ3n) is 3.87. The van der Waals surface area contributed by atoms with Crippen molar-refractivity contribution in [3.05, 3.63) is 35.1 Å². The van der Waals surface area contributed by atoms with Crippen LogP contribution in [0.15, 0.2) is 18.2 Å². The van der Waals surface area contributed by atoms with E-state index in [2.05, 4.69) is 5.32 Å². The quantitative estimate of drug-likeness (QED) is 0.832. The number of aryl methyl sites for hydroxylation is 1. The van der Waals surface area contributed by atoms with Crippen LogP contribution >= 0.6 is 0 Å². The van der Waals surface area contributed by atoms with Gasteiger partial charge in [0, 0.05) is 26.2 Å². The highest BCUT2D eigenvalue weighted by atomic mass is 19.1. The molecule has 3 rings (SSSR count). The van der Waals surface area contributed by atoms with E-state index in [0.717, 1.165) is 5.56 Å². The van der Waals surface area contributed by atoms with Crippen LogP contribution in [0.3, 0.4) is 0 Å². The van der Waals surface area contributed by atoms with Gasteiger partial charge in [0.1, 0.15) is 5.82 Å². The van der Waals surface area contributed by atoms with E-state index in [1.54, 1.807) is 21.9 Å². The smallest absolute Gasteiger partial charge is 0.317 e. The molecule has 5 nitrogen and oxygen atoms in total. The lowest BCUT2D eigenvalue weighted by Crippen LogP contribution is -2.53. The maximum absolute atomic E-state index is 13.8. The van der Waals surface area contributed by atoms with Crippen molar-refractivity contribution in [1.82, 2.24) is 15.1 Å². The van der Waals surface area contributed by atoms with Crippen molar-refractivity contribution >= 4 is 11.9 Å². The van der Waals surface area contributed by atoms with Gasteiger partial charge in [0.15, 0.2) is 0 Å². The Bertz CT molecular complexity index is 576. The SMILES string of the molecule is Cc1ccc(F)c(C(=O)N2CCN3C(=O)NCC3C2)c1. The van der Waals surface area contributed by atoms with Crippen LogP contribution in [0.5, 0.6) is 0 Å². The lowest BCUT2D eigenvalue weighted by molar-refractivity contribution is 0.0612. The minimum absolute atomic E-state index is 0.00642. The number of halogens is 1. The number of rotatable bonds is 1. The normalized spacial score (nSPS) is 21.7. The van der Waals surface area contributed by atoms with Gasteiger partial charge in [-0.3, -0.25) is 4.79 Å². The van der Waals surface area contributed by atoms with Crippen LogP contribution in [0.25, 0.3) is 0 Å². The molecule has 0 radical (unpaired) electrons. The molecular weight excluding hydrogens is 261 g/mol. The first-order chi connectivity index (χ1) is 9.56. The summed E-state index contributed by atoms with van der Waals surface area (Å²) < 4.78 is 13.8. The number of fused-ring (bicyclic) bond motifs is 1. The first kappa shape index (κ1) is 12.9. The van der Waals surface area contributed by atoms with Crippen molar-refractivity contribution < 1.29 is 14.0 Å². The fourth-order valence-corrected chi connectivity index (χ4v) is 2.76. The Balaban J connectivity index is 1.78. The molecule has 2 fully saturated rings. The van der Waals surface area contributed by atoms with Gasteiger partial charge in [-0.05, 0) is 19.1 Å². The average molecular weight is 277 g/mol. The van der Waals surface area contributed by atoms with E-state index in [1.807, 2.05) is 6.92 Å². The fraction of sp³-hybridized carbons (Fsp3) is 0.429. The molecule has 1 aromatic rings. The molecule has 2 aliphatic heterocycles. The van der Waals surface area contributed by atoms with Crippen molar-refractivity contribution in [2.75, 3.05) is 26.2 Å². The lowest BCUT2D eigenvalue weighted by Gasteiger charge is -2.36. The van der Waals surface area contributed by atoms with Gasteiger partial charge in [-0.1, -0.05) is 11.6 Å². The molecule has 0 saturated carbocycles. The zero-order chi connectivity index (χ0) is 14.3. The molecule has 1 N–H and O–H groups in total. The van der Waals surface area contributed by atoms with E-state index in [1.165, 1.54) is 6.07 Å². The number of urea groups is 1. The molecule has 2 saturated heterocycles. The van der Waals surface area contributed by atoms with E-state index in [0.29, 0.717) is 26.2 Å². The van der Waals surface area contributed by atoms with Gasteiger partial charge in [0.2, 0.25) is 0 Å². The van der Waals surface area contributed by atoms with Gasteiger partial charge < -0.3 is 15.1 Å². The van der Waals surface area contributed by atoms with Crippen LogP contribution in [0, 0.1) is 12.7 Å². The Morgan fingerprint density at radius 3 is 3.00 bits per heavy atom. The van der Waals surface area contributed by atoms with Crippen molar-refractivity contribution in [1.29, 1.82) is 0 Å². The van der Waals surface area contributed by atoms with Gasteiger partial charge >= 0.3 is 6.03 Å². The Hall–Kier alpha value is -2.11. The molecule has 1 aromatic carbocycles. The summed E-state index contributed by atoms with van der Waals surface area (Å²) in [4.78, 5) is 27.3. The van der Waals surface area contributed by atoms with Gasteiger partial charge in [0.25, 0.3) is 5.91 Å². The maximum Gasteiger partial charge on any atom is 0.317 e. The second kappa shape index (κ2) is 4.77. The van der Waals surface area contributed by atoms with Gasteiger partial charge in [-0.25, -0.2) is 9.18 Å². The topological polar surface area (TPSA) is 52.7 Å². The van der Waals surface area contributed by atoms with Crippen LogP contribution in [0.4, 0.5) is 9.18 Å². The molecule has 3 amide bonds. The Morgan fingerprint density at radius 2 is 2.20 bits per heavy atom. The molecule has 0 spiro atoms. The van der Waals surface area contributed by atoms with Crippen LogP contribution < -0.4 is 5.32 Å². The van der Waals surface area contributed by atoms with E-state index in [9.17, 15) is 14.0 Å². The zero-order valence-electron chi connectivity index (χ0n) is 11.2. The molecular formula is C14H16FN3O2. The number of carbonyl (C=O) groups excluding carboxylic acids is 2. The third-order valence-corrected chi connectivity index (χ3v) is 3.87. The van der Waals surface area contributed by atoms with Crippen LogP contribution in [0.2, 0.25) is 0 Å². The molecule has 20 heavy (non-hydrogen) atoms. The lowest BCUT2D eigenvalue weighted by atomic mass is 10.1. The van der Waals surface area contributed by atoms with E-state index < -0.39 is 5.82 Å². The zero-order valence-corrected chi connectivity index (χ0v) is 11.2. The van der Waals surface area contributed by atoms with Crippen molar-refractivity contribution in [2.24, 2.45) is 0 Å². The molecule has 1 atom stereocenters. The third kappa shape index (κ3) is 2.11. The number of benzene rings is 1. The predicted octanol–water partition coefficient (Wildman–Crippen LogP) is 0.984. The number of nitrogens with one attached hydrogen (secondary N) is 1. The minimum atomic E-state index is -0.497. The number of carbonyl (C=O) groups is 2. The van der Waals surface area contributed by atoms with E-state index in [-0.39, 0.29) is 23.5 Å². The summed E-state index contributed by atoms with van der Waals surface area (Å²) in [6.45, 7) is 3.75. The number of amides is 3.